The van der Waals surface area contributed by atoms with Crippen molar-refractivity contribution in [1.82, 2.24) is 0 Å². The van der Waals surface area contributed by atoms with Crippen LogP contribution < -0.4 is 0 Å². The predicted molar refractivity (Wildman–Crippen MR) is 336 cm³/mol. The highest BCUT2D eigenvalue weighted by atomic mass is 14.6. The van der Waals surface area contributed by atoms with Gasteiger partial charge in [0.1, 0.15) is 0 Å². The fraction of sp³-hybridized carbons (Fsp3) is 1.00. The summed E-state index contributed by atoms with van der Waals surface area (Å²) in [5.74, 6) is 14.6. The minimum Gasteiger partial charge on any atom is -0.0654 e. The normalized spacial score (nSPS) is 35.3. The molecule has 0 N–H and O–H groups in total. The summed E-state index contributed by atoms with van der Waals surface area (Å²) in [6, 6.07) is 0. The number of hydrogen-bond acceptors (Lipinski definition) is 0. The van der Waals surface area contributed by atoms with Gasteiger partial charge in [0.25, 0.3) is 0 Å². The molecular weight excluding hydrogens is 877 g/mol. The molecule has 4 unspecified atom stereocenters. The smallest absolute Gasteiger partial charge is 0.0268 e. The van der Waals surface area contributed by atoms with Gasteiger partial charge in [-0.15, -0.1) is 0 Å². The number of hydrogen-bond donors (Lipinski definition) is 0. The van der Waals surface area contributed by atoms with E-state index in [4.69, 9.17) is 0 Å². The minimum absolute atomic E-state index is 0.708. The zero-order chi connectivity index (χ0) is 55.8. The molecule has 7 atom stereocenters. The Labute approximate surface area is 466 Å². The number of unbranched alkanes of at least 4 members (excludes halogenated alkanes) is 4. The molecule has 0 saturated heterocycles. The molecule has 12 aliphatic rings. The summed E-state index contributed by atoms with van der Waals surface area (Å²) < 4.78 is 0. The topological polar surface area (TPSA) is 0 Å². The highest BCUT2D eigenvalue weighted by Crippen LogP contribution is 2.70. The van der Waals surface area contributed by atoms with E-state index in [1.807, 2.05) is 0 Å². The number of rotatable bonds is 7. The average Bonchev–Trinajstić information content (AvgIpc) is 3.90. The van der Waals surface area contributed by atoms with Crippen LogP contribution in [0.1, 0.15) is 359 Å². The SMILES string of the molecule is CC1(C)CCC1.CC1C(C)C1C.CC1CC(C)C1.CC1CC1(C)C.CC1CCCC1.CC1CC[C@H]1C.CCC1(C)CC1.CCC1CC1C.CCC1CCC1.CCCCCCC.C[C@H]1CC1(C)C.C[C@H]1CC12CC2. The van der Waals surface area contributed by atoms with Crippen LogP contribution in [0.4, 0.5) is 0 Å². The first-order valence-electron chi connectivity index (χ1n) is 34.0. The predicted octanol–water partition coefficient (Wildman–Crippen LogP) is 25.7. The van der Waals surface area contributed by atoms with Crippen molar-refractivity contribution in [3.63, 3.8) is 0 Å². The lowest BCUT2D eigenvalue weighted by molar-refractivity contribution is 0.190. The van der Waals surface area contributed by atoms with E-state index in [9.17, 15) is 0 Å². The highest BCUT2D eigenvalue weighted by molar-refractivity contribution is 5.10. The Balaban J connectivity index is 0.000000398. The van der Waals surface area contributed by atoms with E-state index >= 15 is 0 Å². The quantitative estimate of drug-likeness (QED) is 0.223. The van der Waals surface area contributed by atoms with Gasteiger partial charge in [0.05, 0.1) is 0 Å². The summed E-state index contributed by atoms with van der Waals surface area (Å²) in [5, 5.41) is 0. The van der Waals surface area contributed by atoms with Crippen LogP contribution in [-0.4, -0.2) is 0 Å². The molecule has 0 bridgehead atoms. The first kappa shape index (κ1) is 71.0. The average molecular weight is 1020 g/mol. The van der Waals surface area contributed by atoms with Crippen molar-refractivity contribution in [2.75, 3.05) is 0 Å². The minimum atomic E-state index is 0.708. The van der Waals surface area contributed by atoms with Crippen molar-refractivity contribution < 1.29 is 0 Å². The van der Waals surface area contributed by atoms with Crippen LogP contribution in [0.25, 0.3) is 0 Å². The second-order valence-corrected chi connectivity index (χ2v) is 31.7. The third kappa shape index (κ3) is 33.9. The van der Waals surface area contributed by atoms with Crippen molar-refractivity contribution in [3.05, 3.63) is 0 Å². The van der Waals surface area contributed by atoms with Crippen LogP contribution in [0.3, 0.4) is 0 Å². The Hall–Kier alpha value is 0. The Kier molecular flexibility index (Phi) is 33.9. The van der Waals surface area contributed by atoms with E-state index in [-0.39, 0.29) is 0 Å². The maximum Gasteiger partial charge on any atom is -0.0268 e. The van der Waals surface area contributed by atoms with Crippen LogP contribution in [-0.2, 0) is 0 Å². The fourth-order valence-corrected chi connectivity index (χ4v) is 11.0. The van der Waals surface area contributed by atoms with Gasteiger partial charge >= 0.3 is 0 Å². The monoisotopic (exact) mass is 1020 g/mol. The molecule has 12 fully saturated rings. The second kappa shape index (κ2) is 34.9. The molecule has 12 rings (SSSR count). The lowest BCUT2D eigenvalue weighted by Crippen LogP contribution is -2.20. The van der Waals surface area contributed by atoms with E-state index in [1.165, 1.54) is 173 Å². The molecule has 12 saturated carbocycles. The maximum atomic E-state index is 2.37. The molecule has 0 aromatic heterocycles. The van der Waals surface area contributed by atoms with Crippen LogP contribution in [0, 0.1) is 110 Å². The van der Waals surface area contributed by atoms with Crippen molar-refractivity contribution >= 4 is 0 Å². The van der Waals surface area contributed by atoms with Gasteiger partial charge in [0.15, 0.2) is 0 Å². The molecular formula is C73H146. The van der Waals surface area contributed by atoms with Gasteiger partial charge in [-0.05, 0) is 187 Å². The first-order valence-corrected chi connectivity index (χ1v) is 34.0. The summed E-state index contributed by atoms with van der Waals surface area (Å²) in [7, 11) is 0. The molecule has 0 amide bonds. The molecule has 0 aromatic rings. The lowest BCUT2D eigenvalue weighted by Gasteiger charge is -2.33. The van der Waals surface area contributed by atoms with E-state index in [1.54, 1.807) is 19.3 Å². The van der Waals surface area contributed by atoms with Crippen LogP contribution in [0.5, 0.6) is 0 Å². The Morgan fingerprint density at radius 3 is 0.781 bits per heavy atom. The second-order valence-electron chi connectivity index (χ2n) is 31.7. The zero-order valence-electron chi connectivity index (χ0n) is 55.8. The Morgan fingerprint density at radius 1 is 0.370 bits per heavy atom. The molecule has 0 heteroatoms. The highest BCUT2D eigenvalue weighted by Gasteiger charge is 2.59. The van der Waals surface area contributed by atoms with Gasteiger partial charge in [-0.1, -0.05) is 282 Å². The third-order valence-electron chi connectivity index (χ3n) is 22.6. The molecule has 73 heavy (non-hydrogen) atoms. The third-order valence-corrected chi connectivity index (χ3v) is 22.6. The Morgan fingerprint density at radius 2 is 0.740 bits per heavy atom. The fourth-order valence-electron chi connectivity index (χ4n) is 11.0. The van der Waals surface area contributed by atoms with Crippen LogP contribution in [0.2, 0.25) is 0 Å². The summed E-state index contributed by atoms with van der Waals surface area (Å²) in [5.41, 5.74) is 3.89. The van der Waals surface area contributed by atoms with Gasteiger partial charge in [-0.3, -0.25) is 0 Å². The molecule has 438 valence electrons. The molecule has 0 nitrogen and oxygen atoms in total. The largest absolute Gasteiger partial charge is 0.0654 e. The standard InChI is InChI=1S/C7H16.C6H10.10C6H12/c1-3-5-7-6-4-2;1-5-4-6(5)2-3-6;2*1-5-4-6(5,2)3;1-5-3-6(2)4-5;1-6(2)4-3-5-6;1-5-3-4-6(5)2;1-4-5(2)6(4)3;1-6-4-2-3-5-6;1-3-6(2)4-5-6;1-3-6-4-5(6)2;1-2-6-4-3-5-6/h3-7H2,1-2H3;5H,2-4H2,1H3;2*5H,4H2,1-3H3;5-6H,3-4H2,1-2H3;3-5H2,1-2H3;5-6H,3-4H2,1-2H3;4-6H,1-3H3;6H,2-5H2,1H3;3-5H2,1-2H3;5-6H,3-4H2,1-2H3;6H,2-5H2,1H3/t;2*5-;;;;5-,6?;;;;;/m.00...1...../s1. The molecule has 0 heterocycles. The summed E-state index contributed by atoms with van der Waals surface area (Å²) in [4.78, 5) is 0. The van der Waals surface area contributed by atoms with Gasteiger partial charge in [0, 0.05) is 0 Å². The van der Waals surface area contributed by atoms with E-state index in [0.717, 1.165) is 99.1 Å². The van der Waals surface area contributed by atoms with E-state index < -0.39 is 0 Å². The molecule has 0 radical (unpaired) electrons. The summed E-state index contributed by atoms with van der Waals surface area (Å²) in [6.45, 7) is 55.5. The molecule has 0 aliphatic heterocycles. The zero-order valence-corrected chi connectivity index (χ0v) is 55.8. The van der Waals surface area contributed by atoms with Gasteiger partial charge < -0.3 is 0 Å². The van der Waals surface area contributed by atoms with Crippen molar-refractivity contribution in [2.45, 2.75) is 359 Å². The van der Waals surface area contributed by atoms with Crippen molar-refractivity contribution in [1.29, 1.82) is 0 Å². The summed E-state index contributed by atoms with van der Waals surface area (Å²) in [6.07, 6.45) is 43.9. The summed E-state index contributed by atoms with van der Waals surface area (Å²) >= 11 is 0. The molecule has 0 aromatic carbocycles. The van der Waals surface area contributed by atoms with E-state index in [0.29, 0.717) is 10.8 Å². The lowest BCUT2D eigenvalue weighted by atomic mass is 9.72. The van der Waals surface area contributed by atoms with Crippen LogP contribution >= 0.6 is 0 Å². The van der Waals surface area contributed by atoms with Gasteiger partial charge in [-0.2, -0.15) is 0 Å². The van der Waals surface area contributed by atoms with Gasteiger partial charge in [0.2, 0.25) is 0 Å². The Bertz CT molecular complexity index is 1200. The van der Waals surface area contributed by atoms with E-state index in [2.05, 4.69) is 166 Å². The van der Waals surface area contributed by atoms with Crippen LogP contribution in [0.15, 0.2) is 0 Å². The first-order chi connectivity index (χ1) is 34.0. The van der Waals surface area contributed by atoms with Crippen molar-refractivity contribution in [3.8, 4) is 0 Å². The maximum absolute atomic E-state index is 2.37. The van der Waals surface area contributed by atoms with Gasteiger partial charge in [-0.25, -0.2) is 0 Å². The molecule has 12 aliphatic carbocycles. The molecule has 1 spiro atoms. The van der Waals surface area contributed by atoms with Crippen molar-refractivity contribution in [2.24, 2.45) is 110 Å².